The van der Waals surface area contributed by atoms with E-state index in [-0.39, 0.29) is 11.8 Å². The Bertz CT molecular complexity index is 702. The Morgan fingerprint density at radius 3 is 2.90 bits per heavy atom. The van der Waals surface area contributed by atoms with Gasteiger partial charge in [0.2, 0.25) is 0 Å². The maximum atomic E-state index is 12.0. The molecule has 5 nitrogen and oxygen atoms in total. The molecule has 2 heterocycles. The summed E-state index contributed by atoms with van der Waals surface area (Å²) < 4.78 is 5.56. The van der Waals surface area contributed by atoms with E-state index in [1.807, 2.05) is 13.1 Å². The second-order valence-corrected chi connectivity index (χ2v) is 5.14. The summed E-state index contributed by atoms with van der Waals surface area (Å²) in [6, 6.07) is 6.53. The number of aryl methyl sites for hydroxylation is 1. The molecule has 1 amide bonds. The van der Waals surface area contributed by atoms with Gasteiger partial charge in [0.1, 0.15) is 0 Å². The fourth-order valence-electron chi connectivity index (χ4n) is 2.61. The second-order valence-electron chi connectivity index (χ2n) is 5.14. The van der Waals surface area contributed by atoms with Crippen molar-refractivity contribution >= 4 is 22.8 Å². The molecule has 0 aliphatic carbocycles. The number of amides is 1. The first-order chi connectivity index (χ1) is 9.60. The van der Waals surface area contributed by atoms with Crippen molar-refractivity contribution in [1.29, 1.82) is 0 Å². The van der Waals surface area contributed by atoms with E-state index in [4.69, 9.17) is 4.74 Å². The number of aromatic amines is 1. The SMILES string of the molecule is CN=C1NC(=O)C(C(C)c2c[nH]c3ccc(C)cc23)O1. The number of aromatic nitrogens is 1. The highest BCUT2D eigenvalue weighted by Gasteiger charge is 2.36. The molecule has 2 aromatic rings. The molecule has 1 aromatic carbocycles. The van der Waals surface area contributed by atoms with E-state index in [9.17, 15) is 4.79 Å². The Morgan fingerprint density at radius 1 is 1.40 bits per heavy atom. The molecule has 0 bridgehead atoms. The van der Waals surface area contributed by atoms with E-state index in [1.54, 1.807) is 7.05 Å². The molecule has 2 atom stereocenters. The third kappa shape index (κ3) is 1.95. The van der Waals surface area contributed by atoms with Crippen molar-refractivity contribution in [2.45, 2.75) is 25.9 Å². The molecule has 0 spiro atoms. The minimum absolute atomic E-state index is 0.0511. The Hall–Kier alpha value is -2.30. The van der Waals surface area contributed by atoms with Crippen LogP contribution in [0.15, 0.2) is 29.4 Å². The standard InChI is InChI=1S/C15H17N3O2/c1-8-4-5-12-10(6-8)11(7-17-12)9(2)13-14(19)18-15(16-3)20-13/h4-7,9,13,17H,1-3H3,(H,16,18,19). The summed E-state index contributed by atoms with van der Waals surface area (Å²) in [6.07, 6.45) is 1.42. The summed E-state index contributed by atoms with van der Waals surface area (Å²) in [7, 11) is 1.59. The van der Waals surface area contributed by atoms with Gasteiger partial charge in [-0.25, -0.2) is 4.99 Å². The molecule has 20 heavy (non-hydrogen) atoms. The number of hydrogen-bond donors (Lipinski definition) is 2. The third-order valence-electron chi connectivity index (χ3n) is 3.74. The van der Waals surface area contributed by atoms with Gasteiger partial charge in [0.25, 0.3) is 11.9 Å². The highest BCUT2D eigenvalue weighted by atomic mass is 16.5. The largest absolute Gasteiger partial charge is 0.451 e. The molecule has 3 rings (SSSR count). The topological polar surface area (TPSA) is 66.5 Å². The normalized spacial score (nSPS) is 22.1. The van der Waals surface area contributed by atoms with Gasteiger partial charge in [-0.3, -0.25) is 10.1 Å². The molecule has 5 heteroatoms. The van der Waals surface area contributed by atoms with E-state index in [2.05, 4.69) is 40.4 Å². The number of benzene rings is 1. The zero-order chi connectivity index (χ0) is 14.3. The Morgan fingerprint density at radius 2 is 2.20 bits per heavy atom. The van der Waals surface area contributed by atoms with Crippen LogP contribution in [0.5, 0.6) is 0 Å². The average Bonchev–Trinajstić information content (AvgIpc) is 3.01. The monoisotopic (exact) mass is 271 g/mol. The molecule has 1 aromatic heterocycles. The summed E-state index contributed by atoms with van der Waals surface area (Å²) in [4.78, 5) is 19.1. The Kier molecular flexibility index (Phi) is 2.97. The quantitative estimate of drug-likeness (QED) is 0.878. The molecule has 0 saturated carbocycles. The van der Waals surface area contributed by atoms with E-state index in [0.717, 1.165) is 16.5 Å². The number of hydrogen-bond acceptors (Lipinski definition) is 3. The van der Waals surface area contributed by atoms with Crippen LogP contribution in [0, 0.1) is 6.92 Å². The van der Waals surface area contributed by atoms with Gasteiger partial charge in [0, 0.05) is 30.1 Å². The first kappa shape index (κ1) is 12.7. The van der Waals surface area contributed by atoms with Gasteiger partial charge in [0.05, 0.1) is 0 Å². The lowest BCUT2D eigenvalue weighted by atomic mass is 9.94. The predicted molar refractivity (Wildman–Crippen MR) is 77.8 cm³/mol. The van der Waals surface area contributed by atoms with Crippen molar-refractivity contribution in [3.63, 3.8) is 0 Å². The summed E-state index contributed by atoms with van der Waals surface area (Å²) in [5, 5.41) is 3.77. The number of carbonyl (C=O) groups is 1. The number of amidine groups is 1. The fraction of sp³-hybridized carbons (Fsp3) is 0.333. The molecule has 0 radical (unpaired) electrons. The van der Waals surface area contributed by atoms with Crippen molar-refractivity contribution < 1.29 is 9.53 Å². The first-order valence-corrected chi connectivity index (χ1v) is 6.62. The van der Waals surface area contributed by atoms with Crippen LogP contribution in [0.1, 0.15) is 24.0 Å². The van der Waals surface area contributed by atoms with Crippen molar-refractivity contribution in [1.82, 2.24) is 10.3 Å². The summed E-state index contributed by atoms with van der Waals surface area (Å²) in [6.45, 7) is 4.05. The van der Waals surface area contributed by atoms with Crippen LogP contribution in [0.3, 0.4) is 0 Å². The molecule has 1 fully saturated rings. The Balaban J connectivity index is 1.99. The van der Waals surface area contributed by atoms with Gasteiger partial charge in [-0.2, -0.15) is 0 Å². The molecular formula is C15H17N3O2. The van der Waals surface area contributed by atoms with E-state index in [1.165, 1.54) is 5.56 Å². The van der Waals surface area contributed by atoms with Gasteiger partial charge in [-0.15, -0.1) is 0 Å². The first-order valence-electron chi connectivity index (χ1n) is 6.62. The van der Waals surface area contributed by atoms with Crippen molar-refractivity contribution in [2.75, 3.05) is 7.05 Å². The number of rotatable bonds is 2. The van der Waals surface area contributed by atoms with Gasteiger partial charge < -0.3 is 9.72 Å². The van der Waals surface area contributed by atoms with Crippen molar-refractivity contribution in [3.05, 3.63) is 35.5 Å². The van der Waals surface area contributed by atoms with Crippen LogP contribution in [0.25, 0.3) is 10.9 Å². The number of fused-ring (bicyclic) bond motifs is 1. The number of carbonyl (C=O) groups excluding carboxylic acids is 1. The molecule has 1 saturated heterocycles. The van der Waals surface area contributed by atoms with Gasteiger partial charge in [-0.1, -0.05) is 18.6 Å². The maximum absolute atomic E-state index is 12.0. The average molecular weight is 271 g/mol. The fourth-order valence-corrected chi connectivity index (χ4v) is 2.61. The van der Waals surface area contributed by atoms with Crippen LogP contribution in [-0.4, -0.2) is 30.1 Å². The van der Waals surface area contributed by atoms with Crippen LogP contribution in [0.4, 0.5) is 0 Å². The lowest BCUT2D eigenvalue weighted by molar-refractivity contribution is -0.124. The third-order valence-corrected chi connectivity index (χ3v) is 3.74. The lowest BCUT2D eigenvalue weighted by Crippen LogP contribution is -2.28. The van der Waals surface area contributed by atoms with Crippen LogP contribution in [-0.2, 0) is 9.53 Å². The molecule has 1 aliphatic rings. The van der Waals surface area contributed by atoms with Crippen LogP contribution in [0.2, 0.25) is 0 Å². The van der Waals surface area contributed by atoms with Gasteiger partial charge in [0.15, 0.2) is 6.10 Å². The summed E-state index contributed by atoms with van der Waals surface area (Å²) >= 11 is 0. The number of aliphatic imine (C=N–C) groups is 1. The minimum atomic E-state index is -0.534. The highest BCUT2D eigenvalue weighted by molar-refractivity contribution is 6.02. The molecule has 2 unspecified atom stereocenters. The lowest BCUT2D eigenvalue weighted by Gasteiger charge is -2.15. The number of ether oxygens (including phenoxy) is 1. The number of nitrogens with one attached hydrogen (secondary N) is 2. The van der Waals surface area contributed by atoms with Gasteiger partial charge in [-0.05, 0) is 24.6 Å². The predicted octanol–water partition coefficient (Wildman–Crippen LogP) is 2.08. The number of H-pyrrole nitrogens is 1. The van der Waals surface area contributed by atoms with E-state index >= 15 is 0 Å². The number of nitrogens with zero attached hydrogens (tertiary/aromatic N) is 1. The maximum Gasteiger partial charge on any atom is 0.292 e. The second kappa shape index (κ2) is 4.67. The summed E-state index contributed by atoms with van der Waals surface area (Å²) in [5.41, 5.74) is 3.35. The van der Waals surface area contributed by atoms with Crippen LogP contribution >= 0.6 is 0 Å². The van der Waals surface area contributed by atoms with E-state index < -0.39 is 6.10 Å². The smallest absolute Gasteiger partial charge is 0.292 e. The molecule has 2 N–H and O–H groups in total. The zero-order valence-electron chi connectivity index (χ0n) is 11.7. The molecule has 104 valence electrons. The minimum Gasteiger partial charge on any atom is -0.451 e. The van der Waals surface area contributed by atoms with Gasteiger partial charge >= 0.3 is 0 Å². The Labute approximate surface area is 117 Å². The summed E-state index contributed by atoms with van der Waals surface area (Å²) in [5.74, 6) is -0.190. The van der Waals surface area contributed by atoms with Crippen LogP contribution < -0.4 is 5.32 Å². The zero-order valence-corrected chi connectivity index (χ0v) is 11.7. The van der Waals surface area contributed by atoms with Crippen molar-refractivity contribution in [3.8, 4) is 0 Å². The van der Waals surface area contributed by atoms with E-state index in [0.29, 0.717) is 6.02 Å². The molecule has 1 aliphatic heterocycles. The molecular weight excluding hydrogens is 254 g/mol. The van der Waals surface area contributed by atoms with Crippen molar-refractivity contribution in [2.24, 2.45) is 4.99 Å². The highest BCUT2D eigenvalue weighted by Crippen LogP contribution is 2.31.